The smallest absolute Gasteiger partial charge is 0.313 e. The summed E-state index contributed by atoms with van der Waals surface area (Å²) < 4.78 is 19.0. The molecule has 19 heavy (non-hydrogen) atoms. The maximum Gasteiger partial charge on any atom is 0.313 e. The Morgan fingerprint density at radius 3 is 2.89 bits per heavy atom. The predicted octanol–water partition coefficient (Wildman–Crippen LogP) is 3.05. The largest absolute Gasteiger partial charge is 0.447 e. The normalized spacial score (nSPS) is 16.0. The zero-order chi connectivity index (χ0) is 13.4. The fraction of sp³-hybridized carbons (Fsp3) is 0.357. The molecule has 0 spiro atoms. The average molecular weight is 263 g/mol. The summed E-state index contributed by atoms with van der Waals surface area (Å²) in [6.07, 6.45) is 1.84. The van der Waals surface area contributed by atoms with Crippen molar-refractivity contribution in [2.45, 2.75) is 19.8 Å². The number of hydrogen-bond acceptors (Lipinski definition) is 3. The van der Waals surface area contributed by atoms with Crippen LogP contribution < -0.4 is 0 Å². The molecule has 0 radical (unpaired) electrons. The Bertz CT molecular complexity index is 629. The van der Waals surface area contributed by atoms with Crippen LogP contribution in [0.1, 0.15) is 29.0 Å². The Balaban J connectivity index is 2.02. The van der Waals surface area contributed by atoms with Crippen LogP contribution in [0.3, 0.4) is 0 Å². The van der Waals surface area contributed by atoms with Gasteiger partial charge in [-0.25, -0.2) is 9.45 Å². The van der Waals surface area contributed by atoms with E-state index in [9.17, 15) is 9.18 Å². The van der Waals surface area contributed by atoms with Crippen molar-refractivity contribution in [2.24, 2.45) is 0 Å². The number of furan rings is 1. The molecule has 1 saturated heterocycles. The standard InChI is InChI=1S/C14H14FNO3/c1-9-10-5-4-6-11(15)13(10)19-12(9)14(17)16-7-2-3-8-18-16/h4-6H,2-3,7-8H2,1H3. The lowest BCUT2D eigenvalue weighted by molar-refractivity contribution is -0.145. The van der Waals surface area contributed by atoms with Crippen LogP contribution in [0.2, 0.25) is 0 Å². The summed E-state index contributed by atoms with van der Waals surface area (Å²) in [7, 11) is 0. The number of benzene rings is 1. The van der Waals surface area contributed by atoms with Gasteiger partial charge in [-0.1, -0.05) is 12.1 Å². The molecule has 2 heterocycles. The Morgan fingerprint density at radius 2 is 2.21 bits per heavy atom. The van der Waals surface area contributed by atoms with Gasteiger partial charge >= 0.3 is 5.91 Å². The van der Waals surface area contributed by atoms with Gasteiger partial charge in [0.25, 0.3) is 0 Å². The minimum absolute atomic E-state index is 0.125. The quantitative estimate of drug-likeness (QED) is 0.794. The second-order valence-corrected chi connectivity index (χ2v) is 4.62. The van der Waals surface area contributed by atoms with Crippen molar-refractivity contribution >= 4 is 16.9 Å². The second-order valence-electron chi connectivity index (χ2n) is 4.62. The molecule has 2 aromatic rings. The van der Waals surface area contributed by atoms with E-state index in [1.54, 1.807) is 19.1 Å². The molecule has 3 rings (SSSR count). The van der Waals surface area contributed by atoms with E-state index in [4.69, 9.17) is 9.25 Å². The van der Waals surface area contributed by atoms with E-state index in [-0.39, 0.29) is 17.3 Å². The van der Waals surface area contributed by atoms with Gasteiger partial charge in [-0.15, -0.1) is 0 Å². The molecule has 1 aromatic heterocycles. The highest BCUT2D eigenvalue weighted by atomic mass is 19.1. The van der Waals surface area contributed by atoms with E-state index < -0.39 is 5.82 Å². The van der Waals surface area contributed by atoms with Crippen LogP contribution in [0, 0.1) is 12.7 Å². The summed E-state index contributed by atoms with van der Waals surface area (Å²) in [6.45, 7) is 2.82. The molecule has 0 saturated carbocycles. The molecule has 0 unspecified atom stereocenters. The van der Waals surface area contributed by atoms with Crippen LogP contribution in [-0.4, -0.2) is 24.1 Å². The lowest BCUT2D eigenvalue weighted by Crippen LogP contribution is -2.35. The number of hydrogen-bond donors (Lipinski definition) is 0. The van der Waals surface area contributed by atoms with E-state index >= 15 is 0 Å². The Morgan fingerprint density at radius 1 is 1.37 bits per heavy atom. The van der Waals surface area contributed by atoms with Crippen LogP contribution in [-0.2, 0) is 4.84 Å². The average Bonchev–Trinajstić information content (AvgIpc) is 2.78. The number of rotatable bonds is 1. The number of carbonyl (C=O) groups is 1. The number of nitrogens with zero attached hydrogens (tertiary/aromatic N) is 1. The fourth-order valence-electron chi connectivity index (χ4n) is 2.28. The van der Waals surface area contributed by atoms with E-state index in [1.165, 1.54) is 11.1 Å². The third-order valence-corrected chi connectivity index (χ3v) is 3.34. The number of para-hydroxylation sites is 1. The third kappa shape index (κ3) is 2.00. The summed E-state index contributed by atoms with van der Waals surface area (Å²) in [5.41, 5.74) is 0.772. The maximum atomic E-state index is 13.6. The second kappa shape index (κ2) is 4.66. The predicted molar refractivity (Wildman–Crippen MR) is 67.1 cm³/mol. The van der Waals surface area contributed by atoms with Gasteiger partial charge in [0.05, 0.1) is 6.61 Å². The first-order valence-electron chi connectivity index (χ1n) is 6.31. The van der Waals surface area contributed by atoms with Crippen molar-refractivity contribution in [1.29, 1.82) is 0 Å². The fourth-order valence-corrected chi connectivity index (χ4v) is 2.28. The zero-order valence-electron chi connectivity index (χ0n) is 10.6. The highest BCUT2D eigenvalue weighted by molar-refractivity contribution is 5.98. The highest BCUT2D eigenvalue weighted by Gasteiger charge is 2.26. The molecule has 5 heteroatoms. The minimum Gasteiger partial charge on any atom is -0.447 e. The molecular weight excluding hydrogens is 249 g/mol. The van der Waals surface area contributed by atoms with Gasteiger partial charge in [-0.3, -0.25) is 9.63 Å². The third-order valence-electron chi connectivity index (χ3n) is 3.34. The van der Waals surface area contributed by atoms with Crippen molar-refractivity contribution in [3.63, 3.8) is 0 Å². The summed E-state index contributed by atoms with van der Waals surface area (Å²) in [5, 5.41) is 1.92. The van der Waals surface area contributed by atoms with Crippen LogP contribution in [0.4, 0.5) is 4.39 Å². The Hall–Kier alpha value is -1.88. The van der Waals surface area contributed by atoms with Gasteiger partial charge in [-0.2, -0.15) is 0 Å². The SMILES string of the molecule is Cc1c(C(=O)N2CCCCO2)oc2c(F)cccc12. The molecule has 0 N–H and O–H groups in total. The molecule has 1 aromatic carbocycles. The first-order valence-corrected chi connectivity index (χ1v) is 6.31. The van der Waals surface area contributed by atoms with Crippen LogP contribution in [0.15, 0.2) is 22.6 Å². The van der Waals surface area contributed by atoms with Crippen LogP contribution >= 0.6 is 0 Å². The van der Waals surface area contributed by atoms with Gasteiger partial charge in [-0.05, 0) is 25.8 Å². The number of amides is 1. The molecule has 1 aliphatic rings. The minimum atomic E-state index is -0.459. The van der Waals surface area contributed by atoms with Crippen molar-refractivity contribution < 1.29 is 18.4 Å². The molecule has 0 atom stereocenters. The van der Waals surface area contributed by atoms with Gasteiger partial charge in [0.15, 0.2) is 17.2 Å². The van der Waals surface area contributed by atoms with Gasteiger partial charge in [0.2, 0.25) is 0 Å². The first kappa shape index (κ1) is 12.2. The van der Waals surface area contributed by atoms with Crippen molar-refractivity contribution in [3.05, 3.63) is 35.3 Å². The molecule has 1 amide bonds. The molecule has 4 nitrogen and oxygen atoms in total. The Labute approximate surface area is 109 Å². The molecule has 0 bridgehead atoms. The molecule has 0 aliphatic carbocycles. The van der Waals surface area contributed by atoms with E-state index in [1.807, 2.05) is 0 Å². The lowest BCUT2D eigenvalue weighted by atomic mass is 10.1. The first-order chi connectivity index (χ1) is 9.18. The van der Waals surface area contributed by atoms with E-state index in [0.717, 1.165) is 12.8 Å². The van der Waals surface area contributed by atoms with Gasteiger partial charge < -0.3 is 4.42 Å². The Kier molecular flexibility index (Phi) is 2.98. The number of hydroxylamine groups is 2. The number of carbonyl (C=O) groups excluding carboxylic acids is 1. The van der Waals surface area contributed by atoms with Gasteiger partial charge in [0, 0.05) is 17.5 Å². The van der Waals surface area contributed by atoms with Crippen molar-refractivity contribution in [3.8, 4) is 0 Å². The molecule has 100 valence electrons. The van der Waals surface area contributed by atoms with Crippen LogP contribution in [0.5, 0.6) is 0 Å². The zero-order valence-corrected chi connectivity index (χ0v) is 10.6. The highest BCUT2D eigenvalue weighted by Crippen LogP contribution is 2.28. The number of halogens is 1. The number of fused-ring (bicyclic) bond motifs is 1. The van der Waals surface area contributed by atoms with Crippen molar-refractivity contribution in [1.82, 2.24) is 5.06 Å². The van der Waals surface area contributed by atoms with Crippen LogP contribution in [0.25, 0.3) is 11.0 Å². The monoisotopic (exact) mass is 263 g/mol. The maximum absolute atomic E-state index is 13.6. The summed E-state index contributed by atoms with van der Waals surface area (Å²) in [5.74, 6) is -0.644. The topological polar surface area (TPSA) is 42.7 Å². The lowest BCUT2D eigenvalue weighted by Gasteiger charge is -2.25. The molecular formula is C14H14FNO3. The summed E-state index contributed by atoms with van der Waals surface area (Å²) >= 11 is 0. The van der Waals surface area contributed by atoms with Crippen molar-refractivity contribution in [2.75, 3.05) is 13.2 Å². The summed E-state index contributed by atoms with van der Waals surface area (Å²) in [4.78, 5) is 17.6. The van der Waals surface area contributed by atoms with E-state index in [0.29, 0.717) is 24.1 Å². The van der Waals surface area contributed by atoms with E-state index in [2.05, 4.69) is 0 Å². The molecule has 1 fully saturated rings. The molecule has 1 aliphatic heterocycles. The number of aryl methyl sites for hydroxylation is 1. The summed E-state index contributed by atoms with van der Waals surface area (Å²) in [6, 6.07) is 4.66. The van der Waals surface area contributed by atoms with Gasteiger partial charge in [0.1, 0.15) is 0 Å².